The van der Waals surface area contributed by atoms with Gasteiger partial charge in [-0.1, -0.05) is 0 Å². The molecule has 0 radical (unpaired) electrons. The Balaban J connectivity index is 2.31. The zero-order valence-corrected chi connectivity index (χ0v) is 14.9. The molecule has 1 amide bonds. The minimum absolute atomic E-state index is 0.182. The molecule has 0 saturated heterocycles. The number of anilines is 2. The summed E-state index contributed by atoms with van der Waals surface area (Å²) in [6, 6.07) is 5.61. The summed E-state index contributed by atoms with van der Waals surface area (Å²) in [7, 11) is 0. The Morgan fingerprint density at radius 1 is 1.29 bits per heavy atom. The van der Waals surface area contributed by atoms with Gasteiger partial charge in [-0.15, -0.1) is 0 Å². The Morgan fingerprint density at radius 3 is 2.57 bits per heavy atom. The highest BCUT2D eigenvalue weighted by atomic mass is 79.9. The summed E-state index contributed by atoms with van der Waals surface area (Å²) in [5.41, 5.74) is 3.09. The number of hydrogen-bond donors (Lipinski definition) is 2. The zero-order valence-electron chi connectivity index (χ0n) is 11.7. The summed E-state index contributed by atoms with van der Waals surface area (Å²) < 4.78 is 1.67. The number of rotatable bonds is 4. The molecule has 4 nitrogen and oxygen atoms in total. The van der Waals surface area contributed by atoms with Gasteiger partial charge in [0.2, 0.25) is 0 Å². The van der Waals surface area contributed by atoms with Gasteiger partial charge in [0.15, 0.2) is 0 Å². The molecular weight excluding hydrogens is 398 g/mol. The highest BCUT2D eigenvalue weighted by Crippen LogP contribution is 2.33. The maximum absolute atomic E-state index is 12.5. The van der Waals surface area contributed by atoms with Crippen LogP contribution in [0, 0.1) is 6.92 Å². The Morgan fingerprint density at radius 2 is 1.95 bits per heavy atom. The van der Waals surface area contributed by atoms with Crippen LogP contribution in [0.2, 0.25) is 0 Å². The molecule has 1 heterocycles. The van der Waals surface area contributed by atoms with Gasteiger partial charge in [0.05, 0.1) is 23.1 Å². The number of amides is 1. The number of benzene rings is 1. The van der Waals surface area contributed by atoms with Crippen LogP contribution in [0.1, 0.15) is 22.8 Å². The Kier molecular flexibility index (Phi) is 5.36. The van der Waals surface area contributed by atoms with Gasteiger partial charge in [0, 0.05) is 21.7 Å². The van der Waals surface area contributed by atoms with Crippen LogP contribution in [-0.4, -0.2) is 17.4 Å². The summed E-state index contributed by atoms with van der Waals surface area (Å²) >= 11 is 6.95. The molecule has 0 fully saturated rings. The van der Waals surface area contributed by atoms with E-state index in [-0.39, 0.29) is 5.91 Å². The van der Waals surface area contributed by atoms with Crippen molar-refractivity contribution in [3.8, 4) is 0 Å². The summed E-state index contributed by atoms with van der Waals surface area (Å²) in [5.74, 6) is -0.182. The first-order valence-electron chi connectivity index (χ1n) is 6.47. The lowest BCUT2D eigenvalue weighted by Gasteiger charge is -2.13. The van der Waals surface area contributed by atoms with E-state index in [1.165, 1.54) is 0 Å². The Hall–Kier alpha value is -1.40. The molecular formula is C15H15Br2N3O. The van der Waals surface area contributed by atoms with Crippen molar-refractivity contribution in [2.45, 2.75) is 13.8 Å². The van der Waals surface area contributed by atoms with Crippen LogP contribution in [0.5, 0.6) is 0 Å². The summed E-state index contributed by atoms with van der Waals surface area (Å²) in [4.78, 5) is 16.5. The van der Waals surface area contributed by atoms with Gasteiger partial charge in [0.1, 0.15) is 0 Å². The van der Waals surface area contributed by atoms with Crippen molar-refractivity contribution in [2.75, 3.05) is 17.2 Å². The second-order valence-corrected chi connectivity index (χ2v) is 6.22. The third kappa shape index (κ3) is 3.83. The first-order chi connectivity index (χ1) is 10.0. The number of nitrogens with one attached hydrogen (secondary N) is 2. The molecule has 0 bridgehead atoms. The van der Waals surface area contributed by atoms with E-state index in [0.29, 0.717) is 11.3 Å². The highest BCUT2D eigenvalue weighted by Gasteiger charge is 2.14. The molecule has 0 unspecified atom stereocenters. The standard InChI is InChI=1S/C15H15Br2N3O/c1-3-19-13-8-18-5-4-10(13)15(21)20-14-11(16)6-9(2)7-12(14)17/h4-8,19H,3H2,1-2H3,(H,20,21). The quantitative estimate of drug-likeness (QED) is 0.771. The fourth-order valence-electron chi connectivity index (χ4n) is 1.92. The Bertz CT molecular complexity index is 651. The largest absolute Gasteiger partial charge is 0.383 e. The van der Waals surface area contributed by atoms with Crippen molar-refractivity contribution in [3.05, 3.63) is 50.7 Å². The second-order valence-electron chi connectivity index (χ2n) is 4.51. The van der Waals surface area contributed by atoms with E-state index in [0.717, 1.165) is 26.7 Å². The van der Waals surface area contributed by atoms with Gasteiger partial charge in [-0.3, -0.25) is 9.78 Å². The number of pyridine rings is 1. The zero-order chi connectivity index (χ0) is 15.4. The van der Waals surface area contributed by atoms with E-state index in [1.807, 2.05) is 26.0 Å². The van der Waals surface area contributed by atoms with E-state index in [9.17, 15) is 4.79 Å². The fraction of sp³-hybridized carbons (Fsp3) is 0.200. The number of aryl methyl sites for hydroxylation is 1. The number of carbonyl (C=O) groups excluding carboxylic acids is 1. The van der Waals surface area contributed by atoms with Crippen molar-refractivity contribution in [3.63, 3.8) is 0 Å². The maximum atomic E-state index is 12.5. The average Bonchev–Trinajstić information content (AvgIpc) is 2.43. The van der Waals surface area contributed by atoms with Crippen LogP contribution in [0.3, 0.4) is 0 Å². The molecule has 0 saturated carbocycles. The molecule has 0 aliphatic carbocycles. The molecule has 1 aromatic carbocycles. The monoisotopic (exact) mass is 411 g/mol. The van der Waals surface area contributed by atoms with Crippen LogP contribution < -0.4 is 10.6 Å². The smallest absolute Gasteiger partial charge is 0.257 e. The van der Waals surface area contributed by atoms with Crippen LogP contribution >= 0.6 is 31.9 Å². The van der Waals surface area contributed by atoms with Crippen LogP contribution in [-0.2, 0) is 0 Å². The van der Waals surface area contributed by atoms with E-state index in [1.54, 1.807) is 18.5 Å². The number of hydrogen-bond acceptors (Lipinski definition) is 3. The molecule has 21 heavy (non-hydrogen) atoms. The fourth-order valence-corrected chi connectivity index (χ4v) is 3.54. The minimum atomic E-state index is -0.182. The number of halogens is 2. The number of aromatic nitrogens is 1. The van der Waals surface area contributed by atoms with Gasteiger partial charge in [-0.2, -0.15) is 0 Å². The van der Waals surface area contributed by atoms with Gasteiger partial charge in [-0.25, -0.2) is 0 Å². The molecule has 110 valence electrons. The van der Waals surface area contributed by atoms with Crippen molar-refractivity contribution in [2.24, 2.45) is 0 Å². The molecule has 2 N–H and O–H groups in total. The topological polar surface area (TPSA) is 54.0 Å². The maximum Gasteiger partial charge on any atom is 0.257 e. The van der Waals surface area contributed by atoms with Gasteiger partial charge in [-0.05, 0) is 69.5 Å². The van der Waals surface area contributed by atoms with Crippen LogP contribution in [0.25, 0.3) is 0 Å². The molecule has 6 heteroatoms. The SMILES string of the molecule is CCNc1cnccc1C(=O)Nc1c(Br)cc(C)cc1Br. The van der Waals surface area contributed by atoms with Crippen LogP contribution in [0.15, 0.2) is 39.5 Å². The van der Waals surface area contributed by atoms with E-state index in [2.05, 4.69) is 47.5 Å². The number of nitrogens with zero attached hydrogens (tertiary/aromatic N) is 1. The Labute approximate surface area is 140 Å². The second kappa shape index (κ2) is 7.04. The van der Waals surface area contributed by atoms with Gasteiger partial charge in [0.25, 0.3) is 5.91 Å². The molecule has 0 spiro atoms. The molecule has 1 aromatic heterocycles. The highest BCUT2D eigenvalue weighted by molar-refractivity contribution is 9.11. The molecule has 2 rings (SSSR count). The van der Waals surface area contributed by atoms with Crippen molar-refractivity contribution in [1.82, 2.24) is 4.98 Å². The minimum Gasteiger partial charge on any atom is -0.383 e. The third-order valence-corrected chi connectivity index (χ3v) is 4.11. The van der Waals surface area contributed by atoms with Gasteiger partial charge >= 0.3 is 0 Å². The number of carbonyl (C=O) groups is 1. The van der Waals surface area contributed by atoms with E-state index < -0.39 is 0 Å². The van der Waals surface area contributed by atoms with Crippen molar-refractivity contribution >= 4 is 49.1 Å². The molecule has 0 aliphatic rings. The van der Waals surface area contributed by atoms with E-state index in [4.69, 9.17) is 0 Å². The van der Waals surface area contributed by atoms with Gasteiger partial charge < -0.3 is 10.6 Å². The van der Waals surface area contributed by atoms with E-state index >= 15 is 0 Å². The summed E-state index contributed by atoms with van der Waals surface area (Å²) in [6.45, 7) is 4.69. The molecule has 2 aromatic rings. The lowest BCUT2D eigenvalue weighted by Crippen LogP contribution is -2.15. The third-order valence-electron chi connectivity index (χ3n) is 2.86. The average molecular weight is 413 g/mol. The lowest BCUT2D eigenvalue weighted by molar-refractivity contribution is 0.102. The first kappa shape index (κ1) is 16.0. The lowest BCUT2D eigenvalue weighted by atomic mass is 10.2. The molecule has 0 atom stereocenters. The normalized spacial score (nSPS) is 10.3. The van der Waals surface area contributed by atoms with Crippen molar-refractivity contribution in [1.29, 1.82) is 0 Å². The summed E-state index contributed by atoms with van der Waals surface area (Å²) in [6.07, 6.45) is 3.26. The predicted octanol–water partition coefficient (Wildman–Crippen LogP) is 4.60. The van der Waals surface area contributed by atoms with Crippen molar-refractivity contribution < 1.29 is 4.79 Å². The van der Waals surface area contributed by atoms with Crippen LogP contribution in [0.4, 0.5) is 11.4 Å². The summed E-state index contributed by atoms with van der Waals surface area (Å²) in [5, 5.41) is 6.05. The molecule has 0 aliphatic heterocycles. The predicted molar refractivity (Wildman–Crippen MR) is 92.9 cm³/mol. The first-order valence-corrected chi connectivity index (χ1v) is 8.06.